The van der Waals surface area contributed by atoms with E-state index in [4.69, 9.17) is 0 Å². The molecule has 4 nitrogen and oxygen atoms in total. The highest BCUT2D eigenvalue weighted by Gasteiger charge is 2.06. The summed E-state index contributed by atoms with van der Waals surface area (Å²) in [6.45, 7) is 4.04. The first-order valence-corrected chi connectivity index (χ1v) is 9.84. The Morgan fingerprint density at radius 1 is 1.12 bits per heavy atom. The van der Waals surface area contributed by atoms with Crippen molar-refractivity contribution in [1.82, 2.24) is 9.78 Å². The second-order valence-corrected chi connectivity index (χ2v) is 7.17. The summed E-state index contributed by atoms with van der Waals surface area (Å²) in [5, 5.41) is 7.46. The van der Waals surface area contributed by atoms with E-state index in [1.165, 1.54) is 0 Å². The molecule has 0 bridgehead atoms. The highest BCUT2D eigenvalue weighted by molar-refractivity contribution is 7.98. The van der Waals surface area contributed by atoms with Gasteiger partial charge in [-0.05, 0) is 68.5 Å². The summed E-state index contributed by atoms with van der Waals surface area (Å²) in [6, 6.07) is 18.2. The molecule has 0 aliphatic rings. The molecule has 5 heteroatoms. The maximum atomic E-state index is 12.2. The van der Waals surface area contributed by atoms with E-state index in [1.54, 1.807) is 11.8 Å². The minimum Gasteiger partial charge on any atom is -0.326 e. The molecule has 1 amide bonds. The third kappa shape index (κ3) is 4.55. The molecule has 0 saturated heterocycles. The number of amides is 1. The van der Waals surface area contributed by atoms with E-state index >= 15 is 0 Å². The summed E-state index contributed by atoms with van der Waals surface area (Å²) < 4.78 is 1.94. The normalized spacial score (nSPS) is 10.7. The number of carbonyl (C=O) groups is 1. The Labute approximate surface area is 158 Å². The molecular weight excluding hydrogens is 342 g/mol. The fourth-order valence-electron chi connectivity index (χ4n) is 2.88. The van der Waals surface area contributed by atoms with E-state index in [2.05, 4.69) is 40.7 Å². The van der Waals surface area contributed by atoms with Gasteiger partial charge in [-0.1, -0.05) is 18.2 Å². The van der Waals surface area contributed by atoms with Crippen LogP contribution in [0.5, 0.6) is 0 Å². The van der Waals surface area contributed by atoms with Crippen LogP contribution in [0, 0.1) is 13.8 Å². The molecule has 134 valence electrons. The van der Waals surface area contributed by atoms with Crippen LogP contribution >= 0.6 is 11.8 Å². The highest BCUT2D eigenvalue weighted by Crippen LogP contribution is 2.19. The smallest absolute Gasteiger partial charge is 0.224 e. The lowest BCUT2D eigenvalue weighted by molar-refractivity contribution is -0.116. The second kappa shape index (κ2) is 8.23. The number of anilines is 1. The van der Waals surface area contributed by atoms with Crippen LogP contribution in [0.4, 0.5) is 5.69 Å². The zero-order valence-electron chi connectivity index (χ0n) is 15.3. The van der Waals surface area contributed by atoms with E-state index < -0.39 is 0 Å². The highest BCUT2D eigenvalue weighted by atomic mass is 32.2. The number of nitrogens with zero attached hydrogens (tertiary/aromatic N) is 2. The van der Waals surface area contributed by atoms with Crippen molar-refractivity contribution in [1.29, 1.82) is 0 Å². The van der Waals surface area contributed by atoms with Crippen molar-refractivity contribution in [3.8, 4) is 5.69 Å². The number of thioether (sulfide) groups is 1. The first kappa shape index (κ1) is 18.3. The van der Waals surface area contributed by atoms with Gasteiger partial charge in [0.05, 0.1) is 11.4 Å². The van der Waals surface area contributed by atoms with Gasteiger partial charge in [-0.25, -0.2) is 4.68 Å². The van der Waals surface area contributed by atoms with Crippen molar-refractivity contribution in [2.45, 2.75) is 31.6 Å². The van der Waals surface area contributed by atoms with Crippen LogP contribution in [-0.2, 0) is 11.2 Å². The van der Waals surface area contributed by atoms with Crippen LogP contribution in [0.2, 0.25) is 0 Å². The number of hydrogen-bond acceptors (Lipinski definition) is 3. The van der Waals surface area contributed by atoms with Crippen molar-refractivity contribution < 1.29 is 4.79 Å². The Kier molecular flexibility index (Phi) is 5.78. The fourth-order valence-corrected chi connectivity index (χ4v) is 3.34. The largest absolute Gasteiger partial charge is 0.326 e. The quantitative estimate of drug-likeness (QED) is 0.639. The number of hydrogen-bond donors (Lipinski definition) is 1. The lowest BCUT2D eigenvalue weighted by Gasteiger charge is -2.08. The molecule has 0 radical (unpaired) electrons. The predicted molar refractivity (Wildman–Crippen MR) is 108 cm³/mol. The molecule has 0 saturated carbocycles. The van der Waals surface area contributed by atoms with Gasteiger partial charge in [0.25, 0.3) is 0 Å². The average Bonchev–Trinajstić information content (AvgIpc) is 2.99. The Hall–Kier alpha value is -2.53. The van der Waals surface area contributed by atoms with E-state index in [1.807, 2.05) is 49.1 Å². The maximum Gasteiger partial charge on any atom is 0.224 e. The maximum absolute atomic E-state index is 12.2. The van der Waals surface area contributed by atoms with E-state index in [0.29, 0.717) is 12.8 Å². The Bertz CT molecular complexity index is 900. The zero-order valence-corrected chi connectivity index (χ0v) is 16.1. The second-order valence-electron chi connectivity index (χ2n) is 6.29. The van der Waals surface area contributed by atoms with Crippen molar-refractivity contribution in [2.75, 3.05) is 11.6 Å². The van der Waals surface area contributed by atoms with Gasteiger partial charge in [-0.3, -0.25) is 4.79 Å². The fraction of sp³-hybridized carbons (Fsp3) is 0.238. The number of aryl methyl sites for hydroxylation is 3. The molecule has 3 rings (SSSR count). The van der Waals surface area contributed by atoms with E-state index in [9.17, 15) is 4.79 Å². The minimum atomic E-state index is 0.0332. The lowest BCUT2D eigenvalue weighted by Crippen LogP contribution is -2.12. The summed E-state index contributed by atoms with van der Waals surface area (Å²) in [5.74, 6) is 0.0332. The average molecular weight is 366 g/mol. The summed E-state index contributed by atoms with van der Waals surface area (Å²) in [7, 11) is 0. The molecule has 0 unspecified atom stereocenters. The molecule has 1 heterocycles. The van der Waals surface area contributed by atoms with Gasteiger partial charge >= 0.3 is 0 Å². The minimum absolute atomic E-state index is 0.0332. The van der Waals surface area contributed by atoms with Gasteiger partial charge < -0.3 is 5.32 Å². The first-order valence-electron chi connectivity index (χ1n) is 8.61. The first-order chi connectivity index (χ1) is 12.5. The Morgan fingerprint density at radius 3 is 2.54 bits per heavy atom. The van der Waals surface area contributed by atoms with Crippen molar-refractivity contribution in [3.05, 3.63) is 71.5 Å². The topological polar surface area (TPSA) is 46.9 Å². The number of nitrogens with one attached hydrogen (secondary N) is 1. The molecule has 0 atom stereocenters. The van der Waals surface area contributed by atoms with Crippen LogP contribution in [-0.4, -0.2) is 21.9 Å². The van der Waals surface area contributed by atoms with Crippen LogP contribution < -0.4 is 5.32 Å². The summed E-state index contributed by atoms with van der Waals surface area (Å²) in [5.41, 5.74) is 5.15. The van der Waals surface area contributed by atoms with Crippen molar-refractivity contribution in [2.24, 2.45) is 0 Å². The predicted octanol–water partition coefficient (Wildman–Crippen LogP) is 4.78. The van der Waals surface area contributed by atoms with Crippen molar-refractivity contribution >= 4 is 23.4 Å². The molecule has 1 N–H and O–H groups in total. The van der Waals surface area contributed by atoms with E-state index in [-0.39, 0.29) is 5.91 Å². The van der Waals surface area contributed by atoms with Gasteiger partial charge in [-0.15, -0.1) is 11.8 Å². The van der Waals surface area contributed by atoms with Gasteiger partial charge in [0.2, 0.25) is 5.91 Å². The molecule has 2 aromatic carbocycles. The molecule has 0 aliphatic carbocycles. The standard InChI is InChI=1S/C21H23N3OS/c1-15-13-16(2)24(23-15)19-10-7-17(8-11-19)9-12-21(25)22-18-5-4-6-20(14-18)26-3/h4-8,10-11,13-14H,9,12H2,1-3H3,(H,22,25). The third-order valence-electron chi connectivity index (χ3n) is 4.18. The van der Waals surface area contributed by atoms with Crippen LogP contribution in [0.15, 0.2) is 59.5 Å². The molecular formula is C21H23N3OS. The third-order valence-corrected chi connectivity index (χ3v) is 4.91. The summed E-state index contributed by atoms with van der Waals surface area (Å²) in [6.07, 6.45) is 3.20. The van der Waals surface area contributed by atoms with Crippen LogP contribution in [0.25, 0.3) is 5.69 Å². The Balaban J connectivity index is 1.57. The number of aromatic nitrogens is 2. The monoisotopic (exact) mass is 365 g/mol. The molecule has 26 heavy (non-hydrogen) atoms. The van der Waals surface area contributed by atoms with E-state index in [0.717, 1.165) is 33.2 Å². The van der Waals surface area contributed by atoms with Crippen molar-refractivity contribution in [3.63, 3.8) is 0 Å². The van der Waals surface area contributed by atoms with Gasteiger partial charge in [0, 0.05) is 22.7 Å². The van der Waals surface area contributed by atoms with Gasteiger partial charge in [-0.2, -0.15) is 5.10 Å². The molecule has 0 spiro atoms. The van der Waals surface area contributed by atoms with Gasteiger partial charge in [0.15, 0.2) is 0 Å². The molecule has 0 fully saturated rings. The number of rotatable bonds is 6. The van der Waals surface area contributed by atoms with Crippen LogP contribution in [0.3, 0.4) is 0 Å². The zero-order chi connectivity index (χ0) is 18.5. The van der Waals surface area contributed by atoms with Gasteiger partial charge in [0.1, 0.15) is 0 Å². The molecule has 3 aromatic rings. The molecule has 0 aliphatic heterocycles. The lowest BCUT2D eigenvalue weighted by atomic mass is 10.1. The van der Waals surface area contributed by atoms with Crippen LogP contribution in [0.1, 0.15) is 23.4 Å². The number of benzene rings is 2. The number of carbonyl (C=O) groups excluding carboxylic acids is 1. The summed E-state index contributed by atoms with van der Waals surface area (Å²) >= 11 is 1.66. The summed E-state index contributed by atoms with van der Waals surface area (Å²) in [4.78, 5) is 13.3. The SMILES string of the molecule is CSc1cccc(NC(=O)CCc2ccc(-n3nc(C)cc3C)cc2)c1. The molecule has 1 aromatic heterocycles. The Morgan fingerprint density at radius 2 is 1.88 bits per heavy atom.